The fraction of sp³-hybridized carbons (Fsp3) is 0.0714. The third-order valence-corrected chi connectivity index (χ3v) is 2.57. The first-order chi connectivity index (χ1) is 9.77. The Bertz CT molecular complexity index is 663. The van der Waals surface area contributed by atoms with E-state index in [2.05, 4.69) is 0 Å². The predicted octanol–water partition coefficient (Wildman–Crippen LogP) is 4.34. The lowest BCUT2D eigenvalue weighted by molar-refractivity contribution is -0.138. The van der Waals surface area contributed by atoms with Crippen molar-refractivity contribution in [2.45, 2.75) is 6.18 Å². The minimum Gasteiger partial charge on any atom is -0.478 e. The first kappa shape index (κ1) is 14.8. The Kier molecular flexibility index (Phi) is 3.84. The van der Waals surface area contributed by atoms with E-state index in [-0.39, 0.29) is 5.75 Å². The number of hydrogen-bond donors (Lipinski definition) is 1. The van der Waals surface area contributed by atoms with Crippen molar-refractivity contribution in [3.63, 3.8) is 0 Å². The summed E-state index contributed by atoms with van der Waals surface area (Å²) in [5.74, 6) is -2.59. The van der Waals surface area contributed by atoms with Gasteiger partial charge in [0, 0.05) is 0 Å². The maximum absolute atomic E-state index is 12.9. The van der Waals surface area contributed by atoms with Gasteiger partial charge in [-0.25, -0.2) is 9.18 Å². The Morgan fingerprint density at radius 2 is 1.67 bits per heavy atom. The van der Waals surface area contributed by atoms with Crippen LogP contribution in [0.1, 0.15) is 15.9 Å². The molecule has 2 aromatic rings. The van der Waals surface area contributed by atoms with Gasteiger partial charge in [0.15, 0.2) is 0 Å². The molecule has 110 valence electrons. The van der Waals surface area contributed by atoms with Gasteiger partial charge < -0.3 is 9.84 Å². The van der Waals surface area contributed by atoms with Gasteiger partial charge in [-0.1, -0.05) is 0 Å². The van der Waals surface area contributed by atoms with Gasteiger partial charge in [-0.3, -0.25) is 0 Å². The fourth-order valence-electron chi connectivity index (χ4n) is 1.60. The number of halogens is 4. The van der Waals surface area contributed by atoms with Crippen LogP contribution in [-0.2, 0) is 6.18 Å². The Morgan fingerprint density at radius 1 is 1.05 bits per heavy atom. The standard InChI is InChI=1S/C14H8F4O3/c15-9-2-4-10(5-3-9)21-12-6-1-8(13(19)20)7-11(12)14(16,17)18/h1-7H,(H,19,20). The van der Waals surface area contributed by atoms with Crippen molar-refractivity contribution < 1.29 is 32.2 Å². The molecule has 0 saturated heterocycles. The molecule has 0 aliphatic rings. The normalized spacial score (nSPS) is 11.2. The van der Waals surface area contributed by atoms with Crippen LogP contribution in [0, 0.1) is 5.82 Å². The molecule has 7 heteroatoms. The number of carboxylic acid groups (broad SMARTS) is 1. The van der Waals surface area contributed by atoms with Crippen molar-refractivity contribution in [1.82, 2.24) is 0 Å². The first-order valence-corrected chi connectivity index (χ1v) is 5.65. The zero-order valence-corrected chi connectivity index (χ0v) is 10.3. The largest absolute Gasteiger partial charge is 0.478 e. The molecule has 0 amide bonds. The molecule has 0 heterocycles. The topological polar surface area (TPSA) is 46.5 Å². The van der Waals surface area contributed by atoms with Crippen LogP contribution in [0.25, 0.3) is 0 Å². The third kappa shape index (κ3) is 3.50. The number of alkyl halides is 3. The van der Waals surface area contributed by atoms with Crippen molar-refractivity contribution in [3.05, 3.63) is 59.4 Å². The summed E-state index contributed by atoms with van der Waals surface area (Å²) in [5.41, 5.74) is -1.72. The van der Waals surface area contributed by atoms with E-state index < -0.39 is 34.8 Å². The molecule has 0 aliphatic carbocycles. The number of hydrogen-bond acceptors (Lipinski definition) is 2. The van der Waals surface area contributed by atoms with Crippen LogP contribution < -0.4 is 4.74 Å². The highest BCUT2D eigenvalue weighted by atomic mass is 19.4. The Balaban J connectivity index is 2.43. The van der Waals surface area contributed by atoms with Crippen molar-refractivity contribution in [1.29, 1.82) is 0 Å². The average molecular weight is 300 g/mol. The second-order valence-corrected chi connectivity index (χ2v) is 4.07. The molecule has 2 aromatic carbocycles. The van der Waals surface area contributed by atoms with Gasteiger partial charge in [0.25, 0.3) is 0 Å². The zero-order chi connectivity index (χ0) is 15.6. The van der Waals surface area contributed by atoms with Crippen LogP contribution >= 0.6 is 0 Å². The Labute approximate surface area is 116 Å². The van der Waals surface area contributed by atoms with Crippen LogP contribution in [0.5, 0.6) is 11.5 Å². The van der Waals surface area contributed by atoms with E-state index in [0.717, 1.165) is 24.3 Å². The van der Waals surface area contributed by atoms with Gasteiger partial charge in [0.05, 0.1) is 11.1 Å². The van der Waals surface area contributed by atoms with Gasteiger partial charge in [-0.15, -0.1) is 0 Å². The Hall–Kier alpha value is -2.57. The maximum atomic E-state index is 12.9. The summed E-state index contributed by atoms with van der Waals surface area (Å²) in [5, 5.41) is 8.74. The van der Waals surface area contributed by atoms with Crippen LogP contribution in [-0.4, -0.2) is 11.1 Å². The maximum Gasteiger partial charge on any atom is 0.420 e. The zero-order valence-electron chi connectivity index (χ0n) is 10.3. The summed E-state index contributed by atoms with van der Waals surface area (Å²) in [7, 11) is 0. The summed E-state index contributed by atoms with van der Waals surface area (Å²) in [4.78, 5) is 10.7. The molecule has 3 nitrogen and oxygen atoms in total. The van der Waals surface area contributed by atoms with E-state index in [1.807, 2.05) is 0 Å². The van der Waals surface area contributed by atoms with Gasteiger partial charge in [-0.2, -0.15) is 13.2 Å². The van der Waals surface area contributed by atoms with Crippen LogP contribution in [0.15, 0.2) is 42.5 Å². The predicted molar refractivity (Wildman–Crippen MR) is 64.9 cm³/mol. The molecular weight excluding hydrogens is 292 g/mol. The third-order valence-electron chi connectivity index (χ3n) is 2.57. The molecule has 0 fully saturated rings. The number of rotatable bonds is 3. The highest BCUT2D eigenvalue weighted by Crippen LogP contribution is 2.38. The molecule has 0 saturated carbocycles. The molecule has 0 aromatic heterocycles. The molecule has 0 atom stereocenters. The number of carboxylic acids is 1. The van der Waals surface area contributed by atoms with Crippen LogP contribution in [0.2, 0.25) is 0 Å². The van der Waals surface area contributed by atoms with E-state index in [4.69, 9.17) is 9.84 Å². The number of aromatic carboxylic acids is 1. The minimum atomic E-state index is -4.78. The summed E-state index contributed by atoms with van der Waals surface area (Å²) in [6, 6.07) is 6.80. The quantitative estimate of drug-likeness (QED) is 0.858. The first-order valence-electron chi connectivity index (χ1n) is 5.65. The molecule has 0 aliphatic heterocycles. The highest BCUT2D eigenvalue weighted by molar-refractivity contribution is 5.88. The van der Waals surface area contributed by atoms with Crippen molar-refractivity contribution in [2.75, 3.05) is 0 Å². The molecule has 2 rings (SSSR count). The molecule has 1 N–H and O–H groups in total. The summed E-state index contributed by atoms with van der Waals surface area (Å²) >= 11 is 0. The van der Waals surface area contributed by atoms with Crippen molar-refractivity contribution in [3.8, 4) is 11.5 Å². The van der Waals surface area contributed by atoms with Crippen LogP contribution in [0.3, 0.4) is 0 Å². The van der Waals surface area contributed by atoms with E-state index >= 15 is 0 Å². The second-order valence-electron chi connectivity index (χ2n) is 4.07. The molecule has 0 bridgehead atoms. The van der Waals surface area contributed by atoms with Gasteiger partial charge in [-0.05, 0) is 42.5 Å². The molecule has 0 unspecified atom stereocenters. The van der Waals surface area contributed by atoms with Gasteiger partial charge in [0.1, 0.15) is 17.3 Å². The minimum absolute atomic E-state index is 0.00461. The summed E-state index contributed by atoms with van der Waals surface area (Å²) in [6.45, 7) is 0. The second kappa shape index (κ2) is 5.43. The number of carbonyl (C=O) groups is 1. The number of benzene rings is 2. The van der Waals surface area contributed by atoms with E-state index in [9.17, 15) is 22.4 Å². The molecule has 0 radical (unpaired) electrons. The average Bonchev–Trinajstić information content (AvgIpc) is 2.40. The highest BCUT2D eigenvalue weighted by Gasteiger charge is 2.35. The fourth-order valence-corrected chi connectivity index (χ4v) is 1.60. The Morgan fingerprint density at radius 3 is 2.19 bits per heavy atom. The number of ether oxygens (including phenoxy) is 1. The monoisotopic (exact) mass is 300 g/mol. The lowest BCUT2D eigenvalue weighted by atomic mass is 10.1. The van der Waals surface area contributed by atoms with Gasteiger partial charge in [0.2, 0.25) is 0 Å². The van der Waals surface area contributed by atoms with Crippen molar-refractivity contribution >= 4 is 5.97 Å². The van der Waals surface area contributed by atoms with E-state index in [1.54, 1.807) is 0 Å². The lowest BCUT2D eigenvalue weighted by Crippen LogP contribution is -2.09. The summed E-state index contributed by atoms with van der Waals surface area (Å²) in [6.07, 6.45) is -4.78. The van der Waals surface area contributed by atoms with E-state index in [1.165, 1.54) is 12.1 Å². The van der Waals surface area contributed by atoms with E-state index in [0.29, 0.717) is 6.07 Å². The van der Waals surface area contributed by atoms with Gasteiger partial charge >= 0.3 is 12.1 Å². The van der Waals surface area contributed by atoms with Crippen molar-refractivity contribution in [2.24, 2.45) is 0 Å². The SMILES string of the molecule is O=C(O)c1ccc(Oc2ccc(F)cc2)c(C(F)(F)F)c1. The molecular formula is C14H8F4O3. The molecule has 21 heavy (non-hydrogen) atoms. The molecule has 0 spiro atoms. The smallest absolute Gasteiger partial charge is 0.420 e. The lowest BCUT2D eigenvalue weighted by Gasteiger charge is -2.14. The summed E-state index contributed by atoms with van der Waals surface area (Å²) < 4.78 is 56.6. The van der Waals surface area contributed by atoms with Crippen LogP contribution in [0.4, 0.5) is 17.6 Å².